The van der Waals surface area contributed by atoms with Crippen LogP contribution in [-0.2, 0) is 4.79 Å². The lowest BCUT2D eigenvalue weighted by atomic mass is 9.98. The Morgan fingerprint density at radius 1 is 1.12 bits per heavy atom. The van der Waals surface area contributed by atoms with Crippen LogP contribution in [0.1, 0.15) is 43.3 Å². The van der Waals surface area contributed by atoms with E-state index in [1.165, 1.54) is 0 Å². The Balaban J connectivity index is 1.48. The molecule has 1 amide bonds. The topological polar surface area (TPSA) is 63.1 Å². The van der Waals surface area contributed by atoms with Crippen molar-refractivity contribution < 1.29 is 4.79 Å². The molecule has 1 aliphatic carbocycles. The first kappa shape index (κ1) is 15.3. The van der Waals surface area contributed by atoms with Crippen LogP contribution in [-0.4, -0.2) is 44.7 Å². The number of likely N-dealkylation sites (tertiary alicyclic amines) is 1. The summed E-state index contributed by atoms with van der Waals surface area (Å²) in [5.41, 5.74) is 1.08. The highest BCUT2D eigenvalue weighted by atomic mass is 16.2. The number of aromatic nitrogens is 3. The summed E-state index contributed by atoms with van der Waals surface area (Å²) in [4.78, 5) is 19.2. The molecule has 0 bridgehead atoms. The molecule has 1 atom stereocenters. The van der Waals surface area contributed by atoms with Crippen LogP contribution in [0.5, 0.6) is 0 Å². The van der Waals surface area contributed by atoms with Crippen LogP contribution >= 0.6 is 0 Å². The molecule has 1 saturated carbocycles. The predicted octanol–water partition coefficient (Wildman–Crippen LogP) is 1.93. The zero-order chi connectivity index (χ0) is 16.4. The fraction of sp³-hybridized carbons (Fsp3) is 0.500. The van der Waals surface area contributed by atoms with Crippen molar-refractivity contribution in [1.29, 1.82) is 0 Å². The van der Waals surface area contributed by atoms with Crippen molar-refractivity contribution in [3.8, 4) is 0 Å². The van der Waals surface area contributed by atoms with Gasteiger partial charge >= 0.3 is 0 Å². The summed E-state index contributed by atoms with van der Waals surface area (Å²) in [6, 6.07) is 10.7. The molecule has 1 aromatic heterocycles. The Bertz CT molecular complexity index is 660. The monoisotopic (exact) mass is 325 g/mol. The van der Waals surface area contributed by atoms with E-state index in [2.05, 4.69) is 32.4 Å². The summed E-state index contributed by atoms with van der Waals surface area (Å²) in [6.07, 6.45) is 7.58. The van der Waals surface area contributed by atoms with Crippen molar-refractivity contribution in [3.63, 3.8) is 0 Å². The third-order valence-corrected chi connectivity index (χ3v) is 4.96. The summed E-state index contributed by atoms with van der Waals surface area (Å²) >= 11 is 0. The van der Waals surface area contributed by atoms with Gasteiger partial charge in [-0.25, -0.2) is 9.67 Å². The number of nitrogens with zero attached hydrogens (tertiary/aromatic N) is 4. The van der Waals surface area contributed by atoms with E-state index in [0.717, 1.165) is 44.3 Å². The normalized spacial score (nSPS) is 20.7. The molecule has 6 heteroatoms. The number of carbonyl (C=O) groups is 1. The van der Waals surface area contributed by atoms with E-state index in [9.17, 15) is 4.79 Å². The van der Waals surface area contributed by atoms with E-state index in [0.29, 0.717) is 12.1 Å². The second-order valence-electron chi connectivity index (χ2n) is 6.74. The standard InChI is InChI=1S/C18H23N5O/c24-18(21-15-6-7-15)17(14-4-2-1-3-5-14)22-10-8-16(9-11-22)23-13-19-12-20-23/h1-5,12-13,15-17H,6-11H2,(H,21,24)/t17-/m0/s1. The first-order chi connectivity index (χ1) is 11.8. The van der Waals surface area contributed by atoms with Crippen LogP contribution in [0, 0.1) is 0 Å². The summed E-state index contributed by atoms with van der Waals surface area (Å²) in [7, 11) is 0. The molecule has 2 aromatic rings. The summed E-state index contributed by atoms with van der Waals surface area (Å²) in [6.45, 7) is 1.78. The van der Waals surface area contributed by atoms with Crippen LogP contribution in [0.25, 0.3) is 0 Å². The number of nitrogens with one attached hydrogen (secondary N) is 1. The lowest BCUT2D eigenvalue weighted by Crippen LogP contribution is -2.45. The first-order valence-electron chi connectivity index (χ1n) is 8.75. The maximum Gasteiger partial charge on any atom is 0.242 e. The average Bonchev–Trinajstić information content (AvgIpc) is 3.25. The molecule has 24 heavy (non-hydrogen) atoms. The van der Waals surface area contributed by atoms with Gasteiger partial charge in [0.1, 0.15) is 18.7 Å². The zero-order valence-corrected chi connectivity index (χ0v) is 13.7. The van der Waals surface area contributed by atoms with Crippen molar-refractivity contribution in [2.75, 3.05) is 13.1 Å². The Morgan fingerprint density at radius 2 is 1.88 bits per heavy atom. The van der Waals surface area contributed by atoms with Gasteiger partial charge in [0.2, 0.25) is 5.91 Å². The largest absolute Gasteiger partial charge is 0.352 e. The van der Waals surface area contributed by atoms with E-state index in [1.807, 2.05) is 22.9 Å². The summed E-state index contributed by atoms with van der Waals surface area (Å²) in [5, 5.41) is 7.44. The number of hydrogen-bond donors (Lipinski definition) is 1. The molecule has 1 aliphatic heterocycles. The van der Waals surface area contributed by atoms with Crippen LogP contribution in [0.2, 0.25) is 0 Å². The van der Waals surface area contributed by atoms with Crippen LogP contribution < -0.4 is 5.32 Å². The lowest BCUT2D eigenvalue weighted by molar-refractivity contribution is -0.127. The van der Waals surface area contributed by atoms with E-state index >= 15 is 0 Å². The number of hydrogen-bond acceptors (Lipinski definition) is 4. The summed E-state index contributed by atoms with van der Waals surface area (Å²) < 4.78 is 1.94. The van der Waals surface area contributed by atoms with Crippen molar-refractivity contribution in [1.82, 2.24) is 25.0 Å². The molecule has 2 fully saturated rings. The van der Waals surface area contributed by atoms with Gasteiger partial charge in [0.05, 0.1) is 6.04 Å². The maximum absolute atomic E-state index is 12.8. The van der Waals surface area contributed by atoms with Crippen molar-refractivity contribution in [2.45, 2.75) is 43.8 Å². The molecular formula is C18H23N5O. The molecule has 0 radical (unpaired) electrons. The molecule has 0 spiro atoms. The van der Waals surface area contributed by atoms with Crippen LogP contribution in [0.3, 0.4) is 0 Å². The van der Waals surface area contributed by atoms with E-state index in [4.69, 9.17) is 0 Å². The molecule has 6 nitrogen and oxygen atoms in total. The minimum atomic E-state index is -0.191. The Labute approximate surface area is 141 Å². The molecule has 1 aromatic carbocycles. The van der Waals surface area contributed by atoms with Gasteiger partial charge in [-0.1, -0.05) is 30.3 Å². The molecule has 4 rings (SSSR count). The van der Waals surface area contributed by atoms with Gasteiger partial charge in [-0.15, -0.1) is 0 Å². The fourth-order valence-corrected chi connectivity index (χ4v) is 3.49. The second kappa shape index (κ2) is 6.73. The third kappa shape index (κ3) is 3.33. The number of benzene rings is 1. The van der Waals surface area contributed by atoms with Gasteiger partial charge in [0, 0.05) is 19.1 Å². The average molecular weight is 325 g/mol. The molecular weight excluding hydrogens is 302 g/mol. The van der Waals surface area contributed by atoms with Gasteiger partial charge in [0.15, 0.2) is 0 Å². The molecule has 2 aliphatic rings. The van der Waals surface area contributed by atoms with Gasteiger partial charge < -0.3 is 5.32 Å². The van der Waals surface area contributed by atoms with Crippen molar-refractivity contribution in [2.24, 2.45) is 0 Å². The third-order valence-electron chi connectivity index (χ3n) is 4.96. The van der Waals surface area contributed by atoms with Gasteiger partial charge in [-0.05, 0) is 31.2 Å². The molecule has 2 heterocycles. The van der Waals surface area contributed by atoms with Crippen LogP contribution in [0.15, 0.2) is 43.0 Å². The molecule has 1 saturated heterocycles. The molecule has 1 N–H and O–H groups in total. The van der Waals surface area contributed by atoms with Gasteiger partial charge in [-0.3, -0.25) is 9.69 Å². The fourth-order valence-electron chi connectivity index (χ4n) is 3.49. The Hall–Kier alpha value is -2.21. The number of piperidine rings is 1. The summed E-state index contributed by atoms with van der Waals surface area (Å²) in [5.74, 6) is 0.142. The molecule has 126 valence electrons. The first-order valence-corrected chi connectivity index (χ1v) is 8.75. The maximum atomic E-state index is 12.8. The minimum Gasteiger partial charge on any atom is -0.352 e. The van der Waals surface area contributed by atoms with Gasteiger partial charge in [-0.2, -0.15) is 5.10 Å². The highest BCUT2D eigenvalue weighted by Crippen LogP contribution is 2.30. The van der Waals surface area contributed by atoms with Crippen molar-refractivity contribution >= 4 is 5.91 Å². The highest BCUT2D eigenvalue weighted by Gasteiger charge is 2.34. The Morgan fingerprint density at radius 3 is 2.50 bits per heavy atom. The number of carbonyl (C=O) groups excluding carboxylic acids is 1. The minimum absolute atomic E-state index is 0.142. The second-order valence-corrected chi connectivity index (χ2v) is 6.74. The van der Waals surface area contributed by atoms with E-state index in [-0.39, 0.29) is 11.9 Å². The number of rotatable bonds is 5. The van der Waals surface area contributed by atoms with Gasteiger partial charge in [0.25, 0.3) is 0 Å². The zero-order valence-electron chi connectivity index (χ0n) is 13.7. The Kier molecular flexibility index (Phi) is 4.30. The molecule has 0 unspecified atom stereocenters. The van der Waals surface area contributed by atoms with E-state index < -0.39 is 0 Å². The van der Waals surface area contributed by atoms with Crippen LogP contribution in [0.4, 0.5) is 0 Å². The van der Waals surface area contributed by atoms with Crippen molar-refractivity contribution in [3.05, 3.63) is 48.5 Å². The SMILES string of the molecule is O=C(NC1CC1)[C@H](c1ccccc1)N1CCC(n2cncn2)CC1. The highest BCUT2D eigenvalue weighted by molar-refractivity contribution is 5.83. The number of amides is 1. The quantitative estimate of drug-likeness (QED) is 0.912. The predicted molar refractivity (Wildman–Crippen MR) is 90.2 cm³/mol. The lowest BCUT2D eigenvalue weighted by Gasteiger charge is -2.37. The smallest absolute Gasteiger partial charge is 0.242 e. The van der Waals surface area contributed by atoms with E-state index in [1.54, 1.807) is 12.7 Å².